The van der Waals surface area contributed by atoms with Crippen LogP contribution in [-0.4, -0.2) is 21.5 Å². The summed E-state index contributed by atoms with van der Waals surface area (Å²) in [6, 6.07) is 7.81. The van der Waals surface area contributed by atoms with E-state index in [1.54, 1.807) is 12.1 Å². The first-order valence-corrected chi connectivity index (χ1v) is 12.2. The maximum atomic E-state index is 13.2. The normalized spacial score (nSPS) is 24.5. The SMILES string of the molecule is CC1=CC=CCC1(C)C1(C)NC=C2C(c3cnc(C)c(CC(=O)Nc4ccc(F)cc4)c3)=CC=CN21. The van der Waals surface area contributed by atoms with Crippen LogP contribution in [0.1, 0.15) is 44.0 Å². The number of hydrogen-bond donors (Lipinski definition) is 2. The molecule has 1 aliphatic carbocycles. The number of anilines is 1. The van der Waals surface area contributed by atoms with Crippen molar-refractivity contribution >= 4 is 17.2 Å². The molecule has 36 heavy (non-hydrogen) atoms. The molecule has 0 fully saturated rings. The van der Waals surface area contributed by atoms with Crippen molar-refractivity contribution < 1.29 is 9.18 Å². The lowest BCUT2D eigenvalue weighted by Gasteiger charge is -2.51. The summed E-state index contributed by atoms with van der Waals surface area (Å²) in [5.41, 5.74) is 6.23. The second-order valence-corrected chi connectivity index (χ2v) is 10.1. The highest BCUT2D eigenvalue weighted by atomic mass is 19.1. The molecule has 2 aromatic rings. The number of fused-ring (bicyclic) bond motifs is 1. The van der Waals surface area contributed by atoms with Crippen LogP contribution < -0.4 is 10.6 Å². The van der Waals surface area contributed by atoms with Crippen LogP contribution in [-0.2, 0) is 11.2 Å². The number of allylic oxidation sites excluding steroid dienone is 6. The fourth-order valence-corrected chi connectivity index (χ4v) is 5.27. The number of nitrogens with one attached hydrogen (secondary N) is 2. The van der Waals surface area contributed by atoms with E-state index in [-0.39, 0.29) is 29.2 Å². The summed E-state index contributed by atoms with van der Waals surface area (Å²) in [4.78, 5) is 19.6. The molecule has 0 saturated heterocycles. The number of halogens is 1. The molecule has 2 N–H and O–H groups in total. The minimum Gasteiger partial charge on any atom is -0.366 e. The van der Waals surface area contributed by atoms with Gasteiger partial charge in [-0.1, -0.05) is 36.8 Å². The molecule has 0 bridgehead atoms. The van der Waals surface area contributed by atoms with Crippen molar-refractivity contribution in [3.8, 4) is 0 Å². The molecule has 5 nitrogen and oxygen atoms in total. The molecule has 2 aliphatic heterocycles. The van der Waals surface area contributed by atoms with Crippen LogP contribution in [0.4, 0.5) is 10.1 Å². The third-order valence-electron chi connectivity index (χ3n) is 7.94. The second-order valence-electron chi connectivity index (χ2n) is 10.1. The van der Waals surface area contributed by atoms with Crippen LogP contribution in [0.2, 0.25) is 0 Å². The summed E-state index contributed by atoms with van der Waals surface area (Å²) in [5, 5.41) is 6.53. The number of aromatic nitrogens is 1. The quantitative estimate of drug-likeness (QED) is 0.549. The number of carbonyl (C=O) groups is 1. The average Bonchev–Trinajstić information content (AvgIpc) is 3.22. The highest BCUT2D eigenvalue weighted by Crippen LogP contribution is 2.51. The van der Waals surface area contributed by atoms with Crippen molar-refractivity contribution in [1.29, 1.82) is 0 Å². The van der Waals surface area contributed by atoms with E-state index in [1.165, 1.54) is 17.7 Å². The Labute approximate surface area is 211 Å². The number of benzene rings is 1. The van der Waals surface area contributed by atoms with Gasteiger partial charge >= 0.3 is 0 Å². The highest BCUT2D eigenvalue weighted by Gasteiger charge is 2.52. The van der Waals surface area contributed by atoms with Gasteiger partial charge in [-0.15, -0.1) is 0 Å². The number of carbonyl (C=O) groups excluding carboxylic acids is 1. The van der Waals surface area contributed by atoms with Crippen molar-refractivity contribution in [1.82, 2.24) is 15.2 Å². The Morgan fingerprint density at radius 1 is 1.17 bits per heavy atom. The minimum atomic E-state index is -0.337. The first kappa shape index (κ1) is 23.8. The first-order valence-electron chi connectivity index (χ1n) is 12.2. The van der Waals surface area contributed by atoms with Gasteiger partial charge in [-0.3, -0.25) is 9.78 Å². The molecule has 6 heteroatoms. The average molecular weight is 483 g/mol. The van der Waals surface area contributed by atoms with E-state index in [9.17, 15) is 9.18 Å². The van der Waals surface area contributed by atoms with Gasteiger partial charge in [-0.2, -0.15) is 0 Å². The Morgan fingerprint density at radius 2 is 1.94 bits per heavy atom. The molecule has 1 aromatic heterocycles. The van der Waals surface area contributed by atoms with Crippen LogP contribution in [0.25, 0.3) is 5.57 Å². The molecule has 3 heterocycles. The molecular weight excluding hydrogens is 451 g/mol. The van der Waals surface area contributed by atoms with Crippen LogP contribution >= 0.6 is 0 Å². The van der Waals surface area contributed by atoms with Crippen LogP contribution in [0.5, 0.6) is 0 Å². The standard InChI is InChI=1S/C30H31FN4O/c1-20-8-5-6-14-29(20,3)30(4)33-19-27-26(9-7-15-35(27)30)23-16-22(21(2)32-18-23)17-28(36)34-25-12-10-24(31)11-13-25/h5-13,15-16,18-19,33H,14,17H2,1-4H3,(H,34,36). The summed E-state index contributed by atoms with van der Waals surface area (Å²) in [6.45, 7) is 8.67. The number of pyridine rings is 1. The van der Waals surface area contributed by atoms with Gasteiger partial charge in [0.15, 0.2) is 0 Å². The van der Waals surface area contributed by atoms with E-state index in [2.05, 4.69) is 84.1 Å². The molecule has 2 atom stereocenters. The van der Waals surface area contributed by atoms with Gasteiger partial charge in [-0.25, -0.2) is 4.39 Å². The van der Waals surface area contributed by atoms with Crippen molar-refractivity contribution in [3.05, 3.63) is 113 Å². The van der Waals surface area contributed by atoms with Crippen LogP contribution in [0, 0.1) is 18.2 Å². The zero-order valence-electron chi connectivity index (χ0n) is 21.1. The molecule has 2 unspecified atom stereocenters. The van der Waals surface area contributed by atoms with Crippen LogP contribution in [0.3, 0.4) is 0 Å². The Bertz CT molecular complexity index is 1370. The lowest BCUT2D eigenvalue weighted by Crippen LogP contribution is -2.59. The number of nitrogens with zero attached hydrogens (tertiary/aromatic N) is 2. The fraction of sp³-hybridized carbons (Fsp3) is 0.267. The zero-order valence-corrected chi connectivity index (χ0v) is 21.1. The molecule has 0 spiro atoms. The predicted molar refractivity (Wildman–Crippen MR) is 142 cm³/mol. The lowest BCUT2D eigenvalue weighted by molar-refractivity contribution is -0.115. The van der Waals surface area contributed by atoms with E-state index >= 15 is 0 Å². The third kappa shape index (κ3) is 3.96. The summed E-state index contributed by atoms with van der Waals surface area (Å²) >= 11 is 0. The monoisotopic (exact) mass is 482 g/mol. The molecule has 3 aliphatic rings. The van der Waals surface area contributed by atoms with Crippen molar-refractivity contribution in [2.45, 2.75) is 46.2 Å². The van der Waals surface area contributed by atoms with Gasteiger partial charge in [0.05, 0.1) is 12.1 Å². The first-order chi connectivity index (χ1) is 17.2. The topological polar surface area (TPSA) is 57.3 Å². The van der Waals surface area contributed by atoms with Gasteiger partial charge in [0.25, 0.3) is 0 Å². The van der Waals surface area contributed by atoms with Crippen molar-refractivity contribution in [3.63, 3.8) is 0 Å². The maximum Gasteiger partial charge on any atom is 0.228 e. The Hall–Kier alpha value is -3.93. The zero-order chi connectivity index (χ0) is 25.5. The third-order valence-corrected chi connectivity index (χ3v) is 7.94. The lowest BCUT2D eigenvalue weighted by atomic mass is 9.67. The number of hydrogen-bond acceptors (Lipinski definition) is 4. The van der Waals surface area contributed by atoms with Gasteiger partial charge in [0.2, 0.25) is 5.91 Å². The Kier molecular flexibility index (Phi) is 5.91. The van der Waals surface area contributed by atoms with Gasteiger partial charge in [0.1, 0.15) is 11.5 Å². The summed E-state index contributed by atoms with van der Waals surface area (Å²) < 4.78 is 13.2. The minimum absolute atomic E-state index is 0.0953. The second kappa shape index (κ2) is 8.94. The predicted octanol–water partition coefficient (Wildman–Crippen LogP) is 6.00. The number of amides is 1. The van der Waals surface area contributed by atoms with Crippen LogP contribution in [0.15, 0.2) is 90.6 Å². The molecule has 0 radical (unpaired) electrons. The van der Waals surface area contributed by atoms with E-state index in [1.807, 2.05) is 19.2 Å². The number of rotatable bonds is 5. The van der Waals surface area contributed by atoms with Gasteiger partial charge < -0.3 is 15.5 Å². The maximum absolute atomic E-state index is 13.2. The molecule has 0 saturated carbocycles. The molecule has 1 aromatic carbocycles. The largest absolute Gasteiger partial charge is 0.366 e. The fourth-order valence-electron chi connectivity index (χ4n) is 5.27. The van der Waals surface area contributed by atoms with E-state index in [0.29, 0.717) is 5.69 Å². The Morgan fingerprint density at radius 3 is 2.69 bits per heavy atom. The van der Waals surface area contributed by atoms with E-state index in [0.717, 1.165) is 34.5 Å². The molecular formula is C30H31FN4O. The van der Waals surface area contributed by atoms with E-state index in [4.69, 9.17) is 0 Å². The summed E-state index contributed by atoms with van der Waals surface area (Å²) in [7, 11) is 0. The Balaban J connectivity index is 1.39. The summed E-state index contributed by atoms with van der Waals surface area (Å²) in [6.07, 6.45) is 17.9. The molecule has 184 valence electrons. The smallest absolute Gasteiger partial charge is 0.228 e. The van der Waals surface area contributed by atoms with Gasteiger partial charge in [0, 0.05) is 46.5 Å². The van der Waals surface area contributed by atoms with Crippen molar-refractivity contribution in [2.24, 2.45) is 5.41 Å². The van der Waals surface area contributed by atoms with E-state index < -0.39 is 0 Å². The molecule has 5 rings (SSSR count). The van der Waals surface area contributed by atoms with Gasteiger partial charge in [-0.05, 0) is 69.2 Å². The highest BCUT2D eigenvalue weighted by molar-refractivity contribution is 5.92. The van der Waals surface area contributed by atoms with Crippen molar-refractivity contribution in [2.75, 3.05) is 5.32 Å². The summed E-state index contributed by atoms with van der Waals surface area (Å²) in [5.74, 6) is -0.505. The number of aryl methyl sites for hydroxylation is 1. The molecule has 1 amide bonds.